The number of anilines is 3. The minimum absolute atomic E-state index is 0.00531. The quantitative estimate of drug-likeness (QED) is 0.145. The predicted molar refractivity (Wildman–Crippen MR) is 157 cm³/mol. The number of hydrogen-bond donors (Lipinski definition) is 4. The van der Waals surface area contributed by atoms with E-state index in [0.717, 1.165) is 12.1 Å². The van der Waals surface area contributed by atoms with E-state index in [2.05, 4.69) is 30.8 Å². The van der Waals surface area contributed by atoms with Crippen LogP contribution in [0.25, 0.3) is 17.0 Å². The molecule has 0 unspecified atom stereocenters. The van der Waals surface area contributed by atoms with E-state index >= 15 is 0 Å². The number of aromatic nitrogens is 4. The summed E-state index contributed by atoms with van der Waals surface area (Å²) in [4.78, 5) is 22.9. The van der Waals surface area contributed by atoms with Gasteiger partial charge < -0.3 is 20.6 Å². The number of benzene rings is 2. The van der Waals surface area contributed by atoms with Crippen LogP contribution in [0.5, 0.6) is 0 Å². The van der Waals surface area contributed by atoms with Gasteiger partial charge in [0, 0.05) is 42.2 Å². The maximum absolute atomic E-state index is 14.4. The van der Waals surface area contributed by atoms with Crippen LogP contribution in [0, 0.1) is 5.82 Å². The van der Waals surface area contributed by atoms with Crippen molar-refractivity contribution in [2.24, 2.45) is 0 Å². The standard InChI is InChI=1S/C30H34F3N7O2/c1-2-40(14-15-41)13-5-12-30(32,33)11-4-6-21-9-10-25-26(16-21)34-20-35-29(25)37-27-18-24(38-39-27)19-28(42)36-23-8-3-7-22(31)17-23/h3-4,6-10,16-18,20,41H,2,5,11-15,19H2,1H3,(H,36,42)(H2,34,35,37,38,39)/b6-4+. The van der Waals surface area contributed by atoms with E-state index in [0.29, 0.717) is 53.4 Å². The van der Waals surface area contributed by atoms with E-state index in [1.54, 1.807) is 36.4 Å². The second-order valence-electron chi connectivity index (χ2n) is 9.86. The van der Waals surface area contributed by atoms with Crippen molar-refractivity contribution in [1.82, 2.24) is 25.1 Å². The van der Waals surface area contributed by atoms with Crippen molar-refractivity contribution < 1.29 is 23.1 Å². The third kappa shape index (κ3) is 9.11. The first kappa shape index (κ1) is 30.7. The Bertz CT molecular complexity index is 1510. The number of aromatic amines is 1. The number of amides is 1. The van der Waals surface area contributed by atoms with Gasteiger partial charge in [-0.2, -0.15) is 5.10 Å². The summed E-state index contributed by atoms with van der Waals surface area (Å²) in [6.07, 6.45) is 4.30. The van der Waals surface area contributed by atoms with Gasteiger partial charge in [0.1, 0.15) is 18.0 Å². The molecule has 12 heteroatoms. The van der Waals surface area contributed by atoms with Crippen LogP contribution < -0.4 is 10.6 Å². The second kappa shape index (κ2) is 14.6. The van der Waals surface area contributed by atoms with Crippen molar-refractivity contribution in [3.63, 3.8) is 0 Å². The molecule has 2 heterocycles. The first-order valence-corrected chi connectivity index (χ1v) is 13.7. The van der Waals surface area contributed by atoms with Crippen LogP contribution in [0.4, 0.5) is 30.5 Å². The Morgan fingerprint density at radius 2 is 2.00 bits per heavy atom. The number of allylic oxidation sites excluding steroid dienone is 1. The molecule has 222 valence electrons. The fourth-order valence-electron chi connectivity index (χ4n) is 4.46. The number of nitrogens with zero attached hydrogens (tertiary/aromatic N) is 4. The zero-order valence-corrected chi connectivity index (χ0v) is 23.3. The number of halogens is 3. The highest BCUT2D eigenvalue weighted by molar-refractivity contribution is 5.93. The minimum Gasteiger partial charge on any atom is -0.395 e. The highest BCUT2D eigenvalue weighted by Crippen LogP contribution is 2.27. The van der Waals surface area contributed by atoms with Crippen molar-refractivity contribution in [3.8, 4) is 0 Å². The molecule has 0 aliphatic rings. The lowest BCUT2D eigenvalue weighted by molar-refractivity contribution is -0.115. The number of aliphatic hydroxyl groups is 1. The Morgan fingerprint density at radius 3 is 2.79 bits per heavy atom. The lowest BCUT2D eigenvalue weighted by atomic mass is 10.1. The summed E-state index contributed by atoms with van der Waals surface area (Å²) in [6.45, 7) is 3.70. The average molecular weight is 582 g/mol. The highest BCUT2D eigenvalue weighted by atomic mass is 19.3. The van der Waals surface area contributed by atoms with Gasteiger partial charge in [0.2, 0.25) is 5.91 Å². The van der Waals surface area contributed by atoms with Gasteiger partial charge in [0.15, 0.2) is 5.82 Å². The molecule has 0 aliphatic carbocycles. The average Bonchev–Trinajstić information content (AvgIpc) is 3.38. The molecule has 0 bridgehead atoms. The number of fused-ring (bicyclic) bond motifs is 1. The molecule has 4 N–H and O–H groups in total. The zero-order chi connectivity index (χ0) is 30.0. The van der Waals surface area contributed by atoms with Crippen LogP contribution in [-0.4, -0.2) is 68.2 Å². The minimum atomic E-state index is -2.81. The smallest absolute Gasteiger partial charge is 0.251 e. The molecule has 0 saturated heterocycles. The Balaban J connectivity index is 1.33. The third-order valence-corrected chi connectivity index (χ3v) is 6.60. The van der Waals surface area contributed by atoms with Gasteiger partial charge in [-0.15, -0.1) is 0 Å². The summed E-state index contributed by atoms with van der Waals surface area (Å²) in [5.74, 6) is -2.65. The Morgan fingerprint density at radius 1 is 1.14 bits per heavy atom. The first-order chi connectivity index (χ1) is 20.2. The van der Waals surface area contributed by atoms with Crippen LogP contribution in [0.1, 0.15) is 37.4 Å². The van der Waals surface area contributed by atoms with Gasteiger partial charge in [-0.3, -0.25) is 9.89 Å². The zero-order valence-electron chi connectivity index (χ0n) is 23.3. The lowest BCUT2D eigenvalue weighted by Gasteiger charge is -2.21. The van der Waals surface area contributed by atoms with Crippen molar-refractivity contribution in [3.05, 3.63) is 78.0 Å². The van der Waals surface area contributed by atoms with E-state index in [1.807, 2.05) is 11.8 Å². The van der Waals surface area contributed by atoms with Crippen molar-refractivity contribution in [2.75, 3.05) is 36.9 Å². The SMILES string of the molecule is CCN(CCO)CCCC(F)(F)C/C=C/c1ccc2c(Nc3cc(CC(=O)Nc4cccc(F)c4)[nH]n3)ncnc2c1. The molecule has 2 aromatic heterocycles. The van der Waals surface area contributed by atoms with Crippen LogP contribution >= 0.6 is 0 Å². The van der Waals surface area contributed by atoms with Crippen LogP contribution in [0.15, 0.2) is 60.9 Å². The number of carbonyl (C=O) groups excluding carboxylic acids is 1. The van der Waals surface area contributed by atoms with Gasteiger partial charge >= 0.3 is 0 Å². The second-order valence-corrected chi connectivity index (χ2v) is 9.86. The summed E-state index contributed by atoms with van der Waals surface area (Å²) in [6, 6.07) is 12.7. The third-order valence-electron chi connectivity index (χ3n) is 6.60. The van der Waals surface area contributed by atoms with Gasteiger partial charge in [0.05, 0.1) is 18.5 Å². The van der Waals surface area contributed by atoms with Gasteiger partial charge in [-0.05, 0) is 55.4 Å². The number of hydrogen-bond acceptors (Lipinski definition) is 7. The topological polar surface area (TPSA) is 119 Å². The molecule has 0 saturated carbocycles. The predicted octanol–water partition coefficient (Wildman–Crippen LogP) is 5.55. The maximum Gasteiger partial charge on any atom is 0.251 e. The van der Waals surface area contributed by atoms with Crippen LogP contribution in [0.3, 0.4) is 0 Å². The highest BCUT2D eigenvalue weighted by Gasteiger charge is 2.26. The molecule has 2 aromatic carbocycles. The number of alkyl halides is 2. The molecule has 0 spiro atoms. The molecule has 4 aromatic rings. The molecule has 0 fully saturated rings. The molecule has 1 amide bonds. The van der Waals surface area contributed by atoms with E-state index in [9.17, 15) is 18.0 Å². The summed E-state index contributed by atoms with van der Waals surface area (Å²) in [5.41, 5.74) is 2.26. The van der Waals surface area contributed by atoms with E-state index < -0.39 is 11.7 Å². The van der Waals surface area contributed by atoms with Crippen molar-refractivity contribution in [2.45, 2.75) is 38.5 Å². The van der Waals surface area contributed by atoms with Crippen molar-refractivity contribution in [1.29, 1.82) is 0 Å². The fourth-order valence-corrected chi connectivity index (χ4v) is 4.46. The van der Waals surface area contributed by atoms with Gasteiger partial charge in [-0.1, -0.05) is 31.2 Å². The molecular formula is C30H34F3N7O2. The molecule has 0 aliphatic heterocycles. The Labute approximate surface area is 241 Å². The molecule has 0 atom stereocenters. The van der Waals surface area contributed by atoms with Crippen LogP contribution in [-0.2, 0) is 11.2 Å². The van der Waals surface area contributed by atoms with E-state index in [-0.39, 0.29) is 31.8 Å². The van der Waals surface area contributed by atoms with Crippen molar-refractivity contribution >= 4 is 40.2 Å². The number of carbonyl (C=O) groups is 1. The summed E-state index contributed by atoms with van der Waals surface area (Å²) in [7, 11) is 0. The van der Waals surface area contributed by atoms with Crippen LogP contribution in [0.2, 0.25) is 0 Å². The molecular weight excluding hydrogens is 547 g/mol. The monoisotopic (exact) mass is 581 g/mol. The summed E-state index contributed by atoms with van der Waals surface area (Å²) in [5, 5.41) is 22.5. The molecule has 4 rings (SSSR count). The molecule has 0 radical (unpaired) electrons. The summed E-state index contributed by atoms with van der Waals surface area (Å²) >= 11 is 0. The lowest BCUT2D eigenvalue weighted by Crippen LogP contribution is -2.29. The first-order valence-electron chi connectivity index (χ1n) is 13.7. The number of aliphatic hydroxyl groups excluding tert-OH is 1. The Kier molecular flexibility index (Phi) is 10.6. The number of rotatable bonds is 15. The summed E-state index contributed by atoms with van der Waals surface area (Å²) < 4.78 is 42.1. The number of likely N-dealkylation sites (N-methyl/N-ethyl adjacent to an activating group) is 1. The molecule has 42 heavy (non-hydrogen) atoms. The van der Waals surface area contributed by atoms with Gasteiger partial charge in [-0.25, -0.2) is 23.1 Å². The fraction of sp³-hybridized carbons (Fsp3) is 0.333. The molecule has 9 nitrogen and oxygen atoms in total. The van der Waals surface area contributed by atoms with Gasteiger partial charge in [0.25, 0.3) is 5.92 Å². The largest absolute Gasteiger partial charge is 0.395 e. The normalized spacial score (nSPS) is 12.0. The van der Waals surface area contributed by atoms with E-state index in [1.165, 1.54) is 30.6 Å². The van der Waals surface area contributed by atoms with E-state index in [4.69, 9.17) is 5.11 Å². The number of nitrogens with one attached hydrogen (secondary N) is 3. The maximum atomic E-state index is 14.4. The number of H-pyrrole nitrogens is 1. The Hall–Kier alpha value is -4.29.